The number of aliphatic hydroxyl groups excluding tert-OH is 1. The molecule has 1 aliphatic rings. The van der Waals surface area contributed by atoms with E-state index in [-0.39, 0.29) is 18.6 Å². The maximum atomic E-state index is 12.3. The first-order valence-corrected chi connectivity index (χ1v) is 8.94. The number of imidazole rings is 1. The highest BCUT2D eigenvalue weighted by molar-refractivity contribution is 5.74. The number of hydrogen-bond donors (Lipinski definition) is 2. The van der Waals surface area contributed by atoms with Gasteiger partial charge in [-0.2, -0.15) is 0 Å². The zero-order valence-corrected chi connectivity index (χ0v) is 14.5. The van der Waals surface area contributed by atoms with E-state index < -0.39 is 0 Å². The van der Waals surface area contributed by atoms with Crippen molar-refractivity contribution in [2.24, 2.45) is 5.92 Å². The monoisotopic (exact) mass is 342 g/mol. The molecule has 1 aliphatic heterocycles. The van der Waals surface area contributed by atoms with Gasteiger partial charge in [-0.1, -0.05) is 30.3 Å². The van der Waals surface area contributed by atoms with E-state index in [0.717, 1.165) is 31.8 Å². The van der Waals surface area contributed by atoms with Crippen LogP contribution in [0, 0.1) is 5.92 Å². The summed E-state index contributed by atoms with van der Waals surface area (Å²) >= 11 is 0. The number of nitrogens with zero attached hydrogens (tertiary/aromatic N) is 3. The van der Waals surface area contributed by atoms with E-state index in [9.17, 15) is 9.90 Å². The van der Waals surface area contributed by atoms with Crippen LogP contribution >= 0.6 is 0 Å². The number of rotatable bonds is 6. The van der Waals surface area contributed by atoms with Crippen molar-refractivity contribution < 1.29 is 9.90 Å². The Labute approximate surface area is 148 Å². The predicted octanol–water partition coefficient (Wildman–Crippen LogP) is 1.89. The van der Waals surface area contributed by atoms with E-state index in [0.29, 0.717) is 19.5 Å². The van der Waals surface area contributed by atoms with Crippen molar-refractivity contribution in [3.63, 3.8) is 0 Å². The summed E-state index contributed by atoms with van der Waals surface area (Å²) in [6, 6.07) is 10.2. The van der Waals surface area contributed by atoms with Gasteiger partial charge in [-0.05, 0) is 24.3 Å². The fourth-order valence-electron chi connectivity index (χ4n) is 3.28. The minimum Gasteiger partial charge on any atom is -0.396 e. The highest BCUT2D eigenvalue weighted by atomic mass is 16.3. The summed E-state index contributed by atoms with van der Waals surface area (Å²) < 4.78 is 2.12. The van der Waals surface area contributed by atoms with Gasteiger partial charge in [0.05, 0.1) is 0 Å². The van der Waals surface area contributed by atoms with Gasteiger partial charge in [0.25, 0.3) is 0 Å². The number of nitrogens with one attached hydrogen (secondary N) is 1. The molecule has 2 aromatic rings. The number of hydrogen-bond acceptors (Lipinski definition) is 3. The third-order valence-electron chi connectivity index (χ3n) is 4.69. The summed E-state index contributed by atoms with van der Waals surface area (Å²) in [4.78, 5) is 18.5. The molecule has 2 amide bonds. The van der Waals surface area contributed by atoms with E-state index in [1.165, 1.54) is 5.56 Å². The summed E-state index contributed by atoms with van der Waals surface area (Å²) in [7, 11) is 0. The first kappa shape index (κ1) is 17.5. The molecule has 0 aliphatic carbocycles. The molecule has 0 bridgehead atoms. The maximum absolute atomic E-state index is 12.3. The topological polar surface area (TPSA) is 70.4 Å². The lowest BCUT2D eigenvalue weighted by molar-refractivity contribution is 0.129. The summed E-state index contributed by atoms with van der Waals surface area (Å²) in [5.41, 5.74) is 1.23. The second-order valence-electron chi connectivity index (χ2n) is 6.58. The Bertz CT molecular complexity index is 671. The molecule has 6 nitrogen and oxygen atoms in total. The van der Waals surface area contributed by atoms with Crippen molar-refractivity contribution in [1.82, 2.24) is 19.8 Å². The normalized spacial score (nSPS) is 17.5. The number of carbonyl (C=O) groups is 1. The molecule has 1 fully saturated rings. The van der Waals surface area contributed by atoms with Gasteiger partial charge in [0, 0.05) is 51.6 Å². The number of likely N-dealkylation sites (tertiary alicyclic amines) is 1. The lowest BCUT2D eigenvalue weighted by Crippen LogP contribution is -2.46. The lowest BCUT2D eigenvalue weighted by Gasteiger charge is -2.31. The number of aliphatic hydroxyl groups is 1. The molecule has 0 radical (unpaired) electrons. The Kier molecular flexibility index (Phi) is 6.06. The highest BCUT2D eigenvalue weighted by Gasteiger charge is 2.22. The number of amides is 2. The standard InChI is InChI=1S/C19H26N4O2/c24-15-17-7-4-11-23(14-17)19(25)21-9-8-18-20-10-12-22(18)13-16-5-2-1-3-6-16/h1-3,5-6,10,12,17,24H,4,7-9,11,13-15H2,(H,21,25). The van der Waals surface area contributed by atoms with Crippen LogP contribution in [0.4, 0.5) is 4.79 Å². The molecule has 0 spiro atoms. The lowest BCUT2D eigenvalue weighted by atomic mass is 9.99. The molecule has 0 saturated carbocycles. The quantitative estimate of drug-likeness (QED) is 0.842. The Balaban J connectivity index is 1.48. The Morgan fingerprint density at radius 2 is 2.16 bits per heavy atom. The molecule has 3 rings (SSSR count). The molecule has 2 heterocycles. The molecule has 25 heavy (non-hydrogen) atoms. The predicted molar refractivity (Wildman–Crippen MR) is 96.3 cm³/mol. The second-order valence-corrected chi connectivity index (χ2v) is 6.58. The molecule has 2 N–H and O–H groups in total. The van der Waals surface area contributed by atoms with E-state index in [1.807, 2.05) is 24.4 Å². The SMILES string of the molecule is O=C(NCCc1nccn1Cc1ccccc1)N1CCCC(CO)C1. The fraction of sp³-hybridized carbons (Fsp3) is 0.474. The minimum absolute atomic E-state index is 0.0423. The van der Waals surface area contributed by atoms with Crippen molar-refractivity contribution >= 4 is 6.03 Å². The molecule has 1 aromatic carbocycles. The number of piperidine rings is 1. The van der Waals surface area contributed by atoms with Gasteiger partial charge in [0.1, 0.15) is 5.82 Å². The number of benzene rings is 1. The first-order chi connectivity index (χ1) is 12.3. The van der Waals surface area contributed by atoms with Crippen molar-refractivity contribution in [1.29, 1.82) is 0 Å². The van der Waals surface area contributed by atoms with Crippen LogP contribution in [-0.2, 0) is 13.0 Å². The molecule has 6 heteroatoms. The van der Waals surface area contributed by atoms with E-state index >= 15 is 0 Å². The summed E-state index contributed by atoms with van der Waals surface area (Å²) in [5, 5.41) is 12.3. The van der Waals surface area contributed by atoms with Crippen molar-refractivity contribution in [3.05, 3.63) is 54.1 Å². The van der Waals surface area contributed by atoms with E-state index in [4.69, 9.17) is 0 Å². The zero-order chi connectivity index (χ0) is 17.5. The van der Waals surface area contributed by atoms with E-state index in [1.54, 1.807) is 11.1 Å². The Hall–Kier alpha value is -2.34. The first-order valence-electron chi connectivity index (χ1n) is 8.94. The van der Waals surface area contributed by atoms with Crippen LogP contribution < -0.4 is 5.32 Å². The summed E-state index contributed by atoms with van der Waals surface area (Å²) in [6.07, 6.45) is 6.43. The number of aromatic nitrogens is 2. The van der Waals surface area contributed by atoms with Gasteiger partial charge in [0.15, 0.2) is 0 Å². The molecule has 1 saturated heterocycles. The zero-order valence-electron chi connectivity index (χ0n) is 14.5. The van der Waals surface area contributed by atoms with Crippen LogP contribution in [0.3, 0.4) is 0 Å². The molecule has 1 atom stereocenters. The van der Waals surface area contributed by atoms with Gasteiger partial charge >= 0.3 is 6.03 Å². The van der Waals surface area contributed by atoms with Gasteiger partial charge in [0.2, 0.25) is 0 Å². The fourth-order valence-corrected chi connectivity index (χ4v) is 3.28. The van der Waals surface area contributed by atoms with Gasteiger partial charge in [-0.25, -0.2) is 9.78 Å². The molecule has 1 aromatic heterocycles. The van der Waals surface area contributed by atoms with Gasteiger partial charge in [-0.15, -0.1) is 0 Å². The third kappa shape index (κ3) is 4.82. The third-order valence-corrected chi connectivity index (χ3v) is 4.69. The van der Waals surface area contributed by atoms with Gasteiger partial charge in [-0.3, -0.25) is 0 Å². The van der Waals surface area contributed by atoms with Crippen molar-refractivity contribution in [2.75, 3.05) is 26.2 Å². The highest BCUT2D eigenvalue weighted by Crippen LogP contribution is 2.15. The maximum Gasteiger partial charge on any atom is 0.317 e. The Morgan fingerprint density at radius 1 is 1.32 bits per heavy atom. The van der Waals surface area contributed by atoms with Crippen LogP contribution in [0.1, 0.15) is 24.2 Å². The molecular weight excluding hydrogens is 316 g/mol. The number of carbonyl (C=O) groups excluding carboxylic acids is 1. The Morgan fingerprint density at radius 3 is 2.96 bits per heavy atom. The van der Waals surface area contributed by atoms with Crippen LogP contribution in [0.5, 0.6) is 0 Å². The van der Waals surface area contributed by atoms with Crippen molar-refractivity contribution in [3.8, 4) is 0 Å². The molecular formula is C19H26N4O2. The second kappa shape index (κ2) is 8.67. The average molecular weight is 342 g/mol. The largest absolute Gasteiger partial charge is 0.396 e. The van der Waals surface area contributed by atoms with Gasteiger partial charge < -0.3 is 19.9 Å². The minimum atomic E-state index is -0.0423. The van der Waals surface area contributed by atoms with Crippen LogP contribution in [0.2, 0.25) is 0 Å². The molecule has 1 unspecified atom stereocenters. The van der Waals surface area contributed by atoms with Crippen LogP contribution in [-0.4, -0.2) is 51.8 Å². The van der Waals surface area contributed by atoms with Crippen LogP contribution in [0.15, 0.2) is 42.7 Å². The van der Waals surface area contributed by atoms with Crippen LogP contribution in [0.25, 0.3) is 0 Å². The average Bonchev–Trinajstić information content (AvgIpc) is 3.09. The van der Waals surface area contributed by atoms with E-state index in [2.05, 4.69) is 27.0 Å². The number of urea groups is 1. The summed E-state index contributed by atoms with van der Waals surface area (Å²) in [5.74, 6) is 1.18. The summed E-state index contributed by atoms with van der Waals surface area (Å²) in [6.45, 7) is 2.91. The van der Waals surface area contributed by atoms with Crippen molar-refractivity contribution in [2.45, 2.75) is 25.8 Å². The molecule has 134 valence electrons. The smallest absolute Gasteiger partial charge is 0.317 e.